The first-order valence-corrected chi connectivity index (χ1v) is 21.4. The maximum absolute atomic E-state index is 14.4. The van der Waals surface area contributed by atoms with Crippen molar-refractivity contribution in [2.45, 2.75) is 159 Å². The number of allylic oxidation sites excluding steroid dienone is 3. The van der Waals surface area contributed by atoms with Crippen molar-refractivity contribution in [1.82, 2.24) is 5.32 Å². The Labute approximate surface area is 316 Å². The smallest absolute Gasteiger partial charge is 0.159 e. The van der Waals surface area contributed by atoms with E-state index in [0.717, 1.165) is 57.1 Å². The summed E-state index contributed by atoms with van der Waals surface area (Å²) in [5.41, 5.74) is 2.37. The molecule has 0 aromatic heterocycles. The molecule has 0 amide bonds. The third-order valence-corrected chi connectivity index (χ3v) is 17.3. The van der Waals surface area contributed by atoms with E-state index >= 15 is 0 Å². The Morgan fingerprint density at radius 2 is 1.79 bits per heavy atom. The predicted molar refractivity (Wildman–Crippen MR) is 200 cm³/mol. The molecule has 53 heavy (non-hydrogen) atoms. The average molecular weight is 741 g/mol. The number of hydrogen-bond acceptors (Lipinski definition) is 10. The van der Waals surface area contributed by atoms with Crippen LogP contribution in [0.1, 0.15) is 111 Å². The van der Waals surface area contributed by atoms with E-state index in [9.17, 15) is 35.4 Å². The van der Waals surface area contributed by atoms with E-state index in [4.69, 9.17) is 10.5 Å². The number of rotatable bonds is 7. The number of nitrogens with two attached hydrogens (primary N) is 1. The highest BCUT2D eigenvalue weighted by Crippen LogP contribution is 2.72. The lowest BCUT2D eigenvalue weighted by molar-refractivity contribution is -0.205. The molecular formula is C43H68N2O8. The van der Waals surface area contributed by atoms with Crippen LogP contribution in [0.2, 0.25) is 0 Å². The summed E-state index contributed by atoms with van der Waals surface area (Å²) in [5, 5.41) is 74.5. The highest BCUT2D eigenvalue weighted by molar-refractivity contribution is 5.95. The van der Waals surface area contributed by atoms with Crippen LogP contribution in [0.15, 0.2) is 23.8 Å². The maximum Gasteiger partial charge on any atom is 0.159 e. The summed E-state index contributed by atoms with van der Waals surface area (Å²) in [6, 6.07) is 0. The number of carbonyl (C=O) groups excluding carboxylic acids is 1. The number of piperidine rings is 1. The largest absolute Gasteiger partial charge is 0.396 e. The number of hydrogen-bond donors (Lipinski definition) is 8. The predicted octanol–water partition coefficient (Wildman–Crippen LogP) is 3.35. The van der Waals surface area contributed by atoms with Crippen LogP contribution >= 0.6 is 0 Å². The minimum atomic E-state index is -1.65. The van der Waals surface area contributed by atoms with Crippen LogP contribution in [-0.2, 0) is 9.53 Å². The zero-order valence-electron chi connectivity index (χ0n) is 32.3. The monoisotopic (exact) mass is 740 g/mol. The fraction of sp³-hybridized carbons (Fsp3) is 0.884. The first kappa shape index (κ1) is 38.7. The quantitative estimate of drug-likeness (QED) is 0.180. The fourth-order valence-electron chi connectivity index (χ4n) is 14.6. The Kier molecular flexibility index (Phi) is 10.2. The van der Waals surface area contributed by atoms with Crippen molar-refractivity contribution < 1.29 is 40.2 Å². The van der Waals surface area contributed by atoms with Gasteiger partial charge in [-0.15, -0.1) is 0 Å². The van der Waals surface area contributed by atoms with E-state index in [1.54, 1.807) is 13.0 Å². The van der Waals surface area contributed by atoms with E-state index in [0.29, 0.717) is 43.9 Å². The molecule has 0 bridgehead atoms. The lowest BCUT2D eigenvalue weighted by Crippen LogP contribution is -2.66. The second-order valence-electron chi connectivity index (χ2n) is 19.8. The molecule has 0 aromatic rings. The molecule has 1 spiro atoms. The Hall–Kier alpha value is -1.21. The highest BCUT2D eigenvalue weighted by Gasteiger charge is 2.72. The molecule has 298 valence electrons. The van der Waals surface area contributed by atoms with Crippen LogP contribution in [0, 0.1) is 64.1 Å². The van der Waals surface area contributed by atoms with Crippen LogP contribution in [-0.4, -0.2) is 97.5 Å². The SMILES string of the molecule is CCC[C@H]1CC[C@@H]2[C@H](CO)[C@H]([C@@H](O)[C@](C)(O)[C@@H]3CC[C@]4(O)C5=CC(=O)[C@@H]6C[C@@H](O)[C@@H](O)C[C@@]67C[C@@H](C6CCC(N)NC6)C=C[C@@H](C[C@]34C)[C@@H]57)O[C@@H]2CC1. The van der Waals surface area contributed by atoms with Crippen molar-refractivity contribution in [3.05, 3.63) is 23.8 Å². The molecule has 10 nitrogen and oxygen atoms in total. The molecule has 4 saturated carbocycles. The van der Waals surface area contributed by atoms with Gasteiger partial charge in [0, 0.05) is 23.9 Å². The third-order valence-electron chi connectivity index (χ3n) is 17.3. The van der Waals surface area contributed by atoms with Crippen molar-refractivity contribution in [3.63, 3.8) is 0 Å². The number of nitrogens with one attached hydrogen (secondary N) is 1. The topological polar surface area (TPSA) is 186 Å². The lowest BCUT2D eigenvalue weighted by atomic mass is 9.42. The van der Waals surface area contributed by atoms with Gasteiger partial charge < -0.3 is 46.4 Å². The van der Waals surface area contributed by atoms with Gasteiger partial charge in [-0.3, -0.25) is 4.79 Å². The lowest BCUT2D eigenvalue weighted by Gasteiger charge is -2.63. The van der Waals surface area contributed by atoms with E-state index < -0.39 is 58.3 Å². The van der Waals surface area contributed by atoms with Gasteiger partial charge in [0.25, 0.3) is 0 Å². The molecule has 6 aliphatic carbocycles. The molecule has 0 aromatic carbocycles. The molecule has 10 heteroatoms. The minimum absolute atomic E-state index is 0.0328. The van der Waals surface area contributed by atoms with Crippen LogP contribution in [0.4, 0.5) is 0 Å². The first-order chi connectivity index (χ1) is 25.2. The Morgan fingerprint density at radius 1 is 1.04 bits per heavy atom. The number of ether oxygens (including phenoxy) is 1. The Bertz CT molecular complexity index is 1440. The number of carbonyl (C=O) groups is 1. The number of aliphatic hydroxyl groups excluding tert-OH is 4. The van der Waals surface area contributed by atoms with Gasteiger partial charge in [-0.1, -0.05) is 45.3 Å². The summed E-state index contributed by atoms with van der Waals surface area (Å²) in [7, 11) is 0. The second kappa shape index (κ2) is 14.0. The van der Waals surface area contributed by atoms with Crippen LogP contribution in [0.25, 0.3) is 0 Å². The molecule has 2 aliphatic heterocycles. The summed E-state index contributed by atoms with van der Waals surface area (Å²) in [5.74, 6) is -0.343. The molecule has 9 N–H and O–H groups in total. The van der Waals surface area contributed by atoms with Crippen molar-refractivity contribution in [2.75, 3.05) is 13.2 Å². The van der Waals surface area contributed by atoms with Gasteiger partial charge in [0.1, 0.15) is 6.10 Å². The van der Waals surface area contributed by atoms with Crippen molar-refractivity contribution in [2.24, 2.45) is 69.8 Å². The van der Waals surface area contributed by atoms with Gasteiger partial charge in [-0.05, 0) is 143 Å². The molecule has 2 unspecified atom stereocenters. The summed E-state index contributed by atoms with van der Waals surface area (Å²) in [6.07, 6.45) is 13.1. The van der Waals surface area contributed by atoms with E-state index in [1.165, 1.54) is 6.42 Å². The number of ketones is 1. The van der Waals surface area contributed by atoms with Crippen molar-refractivity contribution in [1.29, 1.82) is 0 Å². The molecule has 8 aliphatic rings. The number of aliphatic hydroxyl groups is 6. The van der Waals surface area contributed by atoms with Gasteiger partial charge in [0.05, 0.1) is 41.8 Å². The third kappa shape index (κ3) is 5.93. The summed E-state index contributed by atoms with van der Waals surface area (Å²) >= 11 is 0. The van der Waals surface area contributed by atoms with Crippen molar-refractivity contribution in [3.8, 4) is 0 Å². The Morgan fingerprint density at radius 3 is 2.51 bits per heavy atom. The number of fused-ring (bicyclic) bond motifs is 3. The van der Waals surface area contributed by atoms with Crippen LogP contribution < -0.4 is 11.1 Å². The molecule has 2 saturated heterocycles. The van der Waals surface area contributed by atoms with Crippen molar-refractivity contribution >= 4 is 5.78 Å². The first-order valence-electron chi connectivity index (χ1n) is 21.4. The van der Waals surface area contributed by atoms with Gasteiger partial charge >= 0.3 is 0 Å². The normalized spacial score (nSPS) is 52.6. The molecule has 6 fully saturated rings. The highest BCUT2D eigenvalue weighted by atomic mass is 16.5. The molecule has 8 rings (SSSR count). The molecular weight excluding hydrogens is 672 g/mol. The minimum Gasteiger partial charge on any atom is -0.396 e. The van der Waals surface area contributed by atoms with E-state index in [2.05, 4.69) is 24.4 Å². The van der Waals surface area contributed by atoms with Gasteiger partial charge in [0.2, 0.25) is 0 Å². The zero-order chi connectivity index (χ0) is 37.7. The maximum atomic E-state index is 14.4. The van der Waals surface area contributed by atoms with Gasteiger partial charge in [-0.2, -0.15) is 0 Å². The van der Waals surface area contributed by atoms with Gasteiger partial charge in [0.15, 0.2) is 5.78 Å². The fourth-order valence-corrected chi connectivity index (χ4v) is 14.6. The van der Waals surface area contributed by atoms with E-state index in [1.807, 2.05) is 6.92 Å². The summed E-state index contributed by atoms with van der Waals surface area (Å²) < 4.78 is 6.66. The van der Waals surface area contributed by atoms with Crippen LogP contribution in [0.5, 0.6) is 0 Å². The Balaban J connectivity index is 1.13. The van der Waals surface area contributed by atoms with Crippen LogP contribution in [0.3, 0.4) is 0 Å². The standard InChI is InChI=1S/C43H68N2O8/c1-4-5-23-6-11-27-28(22-46)38(53-34(27)12-7-23)39(50)41(3,51)35-14-15-43(52)30-17-31(47)29-16-32(48)33(49)20-42(29)19-24(26-10-13-36(44)45-21-26)8-9-25(37(30)42)18-40(35,43)2/h8-9,17,23-29,32-39,45-46,48-52H,4-7,10-16,18-22,44H2,1-3H3/t23-,24-,25-,26?,27+,28-,29-,32+,33-,34+,35+,36?,37-,38+,39+,40+,41+,42-,43-/m0/s1. The summed E-state index contributed by atoms with van der Waals surface area (Å²) in [6.45, 7) is 6.64. The second-order valence-corrected chi connectivity index (χ2v) is 19.8. The molecule has 19 atom stereocenters. The average Bonchev–Trinajstić information content (AvgIpc) is 3.46. The van der Waals surface area contributed by atoms with Gasteiger partial charge in [-0.25, -0.2) is 0 Å². The van der Waals surface area contributed by atoms with E-state index in [-0.39, 0.29) is 60.7 Å². The molecule has 0 radical (unpaired) electrons. The zero-order valence-corrected chi connectivity index (χ0v) is 32.3. The summed E-state index contributed by atoms with van der Waals surface area (Å²) in [4.78, 5) is 14.4. The molecule has 2 heterocycles.